The Labute approximate surface area is 200 Å². The van der Waals surface area contributed by atoms with E-state index >= 15 is 0 Å². The fourth-order valence-electron chi connectivity index (χ4n) is 4.35. The molecule has 1 aliphatic rings. The molecule has 3 heterocycles. The van der Waals surface area contributed by atoms with Gasteiger partial charge in [-0.2, -0.15) is 0 Å². The summed E-state index contributed by atoms with van der Waals surface area (Å²) in [7, 11) is 0. The standard InChI is InChI=1S/C26H25FN4O2S/c1-17-7-8-19(13-18(17)2)20-15-34-25-24(20)26(33)31(16-28-25)14-23(32)30-11-9-29(10-12-30)22-6-4-3-5-21(22)27/h3-8,13,15-16H,9-12,14H2,1-2H3. The minimum atomic E-state index is -0.261. The van der Waals surface area contributed by atoms with E-state index in [1.54, 1.807) is 17.0 Å². The van der Waals surface area contributed by atoms with Crippen molar-refractivity contribution in [1.82, 2.24) is 14.5 Å². The number of carbonyl (C=O) groups is 1. The highest BCUT2D eigenvalue weighted by Gasteiger charge is 2.24. The zero-order valence-corrected chi connectivity index (χ0v) is 19.9. The molecular weight excluding hydrogens is 451 g/mol. The van der Waals surface area contributed by atoms with Gasteiger partial charge in [-0.3, -0.25) is 14.2 Å². The lowest BCUT2D eigenvalue weighted by Crippen LogP contribution is -2.50. The summed E-state index contributed by atoms with van der Waals surface area (Å²) in [6.07, 6.45) is 1.46. The number of nitrogens with zero attached hydrogens (tertiary/aromatic N) is 4. The molecule has 2 aromatic heterocycles. The second kappa shape index (κ2) is 9.02. The number of thiophene rings is 1. The van der Waals surface area contributed by atoms with Gasteiger partial charge in [-0.1, -0.05) is 30.3 Å². The molecule has 1 fully saturated rings. The first-order valence-electron chi connectivity index (χ1n) is 11.2. The summed E-state index contributed by atoms with van der Waals surface area (Å²) in [5, 5.41) is 2.50. The average molecular weight is 477 g/mol. The summed E-state index contributed by atoms with van der Waals surface area (Å²) in [6, 6.07) is 12.8. The Balaban J connectivity index is 1.35. The lowest BCUT2D eigenvalue weighted by Gasteiger charge is -2.36. The van der Waals surface area contributed by atoms with Gasteiger partial charge in [-0.05, 0) is 42.7 Å². The lowest BCUT2D eigenvalue weighted by molar-refractivity contribution is -0.132. The van der Waals surface area contributed by atoms with Crippen LogP contribution in [0.1, 0.15) is 11.1 Å². The second-order valence-corrected chi connectivity index (χ2v) is 9.48. The molecule has 174 valence electrons. The van der Waals surface area contributed by atoms with E-state index < -0.39 is 0 Å². The van der Waals surface area contributed by atoms with Crippen molar-refractivity contribution in [3.8, 4) is 11.1 Å². The number of amides is 1. The highest BCUT2D eigenvalue weighted by molar-refractivity contribution is 7.17. The first-order chi connectivity index (χ1) is 16.4. The minimum absolute atomic E-state index is 0.0658. The summed E-state index contributed by atoms with van der Waals surface area (Å²) in [5.41, 5.74) is 4.52. The first-order valence-corrected chi connectivity index (χ1v) is 12.1. The molecule has 0 radical (unpaired) electrons. The van der Waals surface area contributed by atoms with Gasteiger partial charge in [-0.25, -0.2) is 9.37 Å². The van der Waals surface area contributed by atoms with E-state index in [0.717, 1.165) is 16.7 Å². The highest BCUT2D eigenvalue weighted by atomic mass is 32.1. The summed E-state index contributed by atoms with van der Waals surface area (Å²) in [6.45, 7) is 6.08. The maximum atomic E-state index is 14.1. The SMILES string of the molecule is Cc1ccc(-c2csc3ncn(CC(=O)N4CCN(c5ccccc5F)CC4)c(=O)c23)cc1C. The van der Waals surface area contributed by atoms with Gasteiger partial charge < -0.3 is 9.80 Å². The van der Waals surface area contributed by atoms with E-state index in [2.05, 4.69) is 24.9 Å². The number of rotatable bonds is 4. The van der Waals surface area contributed by atoms with Crippen LogP contribution in [0.2, 0.25) is 0 Å². The number of fused-ring (bicyclic) bond motifs is 1. The summed E-state index contributed by atoms with van der Waals surface area (Å²) >= 11 is 1.43. The fraction of sp³-hybridized carbons (Fsp3) is 0.269. The monoisotopic (exact) mass is 476 g/mol. The van der Waals surface area contributed by atoms with Gasteiger partial charge in [0.2, 0.25) is 5.91 Å². The van der Waals surface area contributed by atoms with Crippen LogP contribution in [0, 0.1) is 19.7 Å². The number of carbonyl (C=O) groups excluding carboxylic acids is 1. The molecule has 1 saturated heterocycles. The van der Waals surface area contributed by atoms with Crippen molar-refractivity contribution < 1.29 is 9.18 Å². The van der Waals surface area contributed by atoms with Gasteiger partial charge in [0.25, 0.3) is 5.56 Å². The van der Waals surface area contributed by atoms with Crippen LogP contribution in [0.4, 0.5) is 10.1 Å². The van der Waals surface area contributed by atoms with E-state index in [0.29, 0.717) is 42.1 Å². The van der Waals surface area contributed by atoms with Crippen LogP contribution >= 0.6 is 11.3 Å². The third-order valence-corrected chi connectivity index (χ3v) is 7.40. The molecule has 1 amide bonds. The van der Waals surface area contributed by atoms with E-state index in [4.69, 9.17) is 0 Å². The predicted molar refractivity (Wildman–Crippen MR) is 134 cm³/mol. The van der Waals surface area contributed by atoms with Gasteiger partial charge in [0.15, 0.2) is 0 Å². The number of para-hydroxylation sites is 1. The number of hydrogen-bond acceptors (Lipinski definition) is 5. The second-order valence-electron chi connectivity index (χ2n) is 8.63. The molecule has 5 rings (SSSR count). The van der Waals surface area contributed by atoms with Crippen molar-refractivity contribution in [1.29, 1.82) is 0 Å². The number of aromatic nitrogens is 2. The Morgan fingerprint density at radius 1 is 1.06 bits per heavy atom. The van der Waals surface area contributed by atoms with Crippen molar-refractivity contribution in [3.05, 3.63) is 81.5 Å². The smallest absolute Gasteiger partial charge is 0.263 e. The van der Waals surface area contributed by atoms with Gasteiger partial charge in [0.05, 0.1) is 17.4 Å². The van der Waals surface area contributed by atoms with E-state index in [9.17, 15) is 14.0 Å². The molecule has 6 nitrogen and oxygen atoms in total. The van der Waals surface area contributed by atoms with Crippen molar-refractivity contribution in [2.75, 3.05) is 31.1 Å². The third-order valence-electron chi connectivity index (χ3n) is 6.51. The molecule has 4 aromatic rings. The first kappa shape index (κ1) is 22.3. The van der Waals surface area contributed by atoms with Crippen molar-refractivity contribution in [2.45, 2.75) is 20.4 Å². The lowest BCUT2D eigenvalue weighted by atomic mass is 10.0. The molecule has 0 spiro atoms. The Kier molecular flexibility index (Phi) is 5.91. The molecule has 2 aromatic carbocycles. The highest BCUT2D eigenvalue weighted by Crippen LogP contribution is 2.31. The van der Waals surface area contributed by atoms with Crippen LogP contribution in [-0.4, -0.2) is 46.5 Å². The number of benzene rings is 2. The zero-order valence-electron chi connectivity index (χ0n) is 19.1. The molecule has 0 atom stereocenters. The largest absolute Gasteiger partial charge is 0.366 e. The van der Waals surface area contributed by atoms with E-state index in [-0.39, 0.29) is 23.8 Å². The molecule has 8 heteroatoms. The number of halogens is 1. The number of hydrogen-bond donors (Lipinski definition) is 0. The molecule has 0 saturated carbocycles. The topological polar surface area (TPSA) is 58.4 Å². The van der Waals surface area contributed by atoms with Crippen LogP contribution < -0.4 is 10.5 Å². The maximum absolute atomic E-state index is 14.1. The van der Waals surface area contributed by atoms with Crippen LogP contribution in [0.3, 0.4) is 0 Å². The average Bonchev–Trinajstić information content (AvgIpc) is 3.28. The number of aryl methyl sites for hydroxylation is 2. The van der Waals surface area contributed by atoms with Crippen molar-refractivity contribution >= 4 is 33.1 Å². The molecule has 34 heavy (non-hydrogen) atoms. The Hall–Kier alpha value is -3.52. The molecule has 0 unspecified atom stereocenters. The normalized spacial score (nSPS) is 14.1. The zero-order chi connectivity index (χ0) is 23.8. The Morgan fingerprint density at radius 3 is 2.56 bits per heavy atom. The van der Waals surface area contributed by atoms with Crippen LogP contribution in [0.25, 0.3) is 21.3 Å². The van der Waals surface area contributed by atoms with Crippen LogP contribution in [-0.2, 0) is 11.3 Å². The van der Waals surface area contributed by atoms with Gasteiger partial charge in [0.1, 0.15) is 17.2 Å². The molecule has 0 bridgehead atoms. The molecule has 1 aliphatic heterocycles. The molecule has 0 aliphatic carbocycles. The maximum Gasteiger partial charge on any atom is 0.263 e. The Morgan fingerprint density at radius 2 is 1.82 bits per heavy atom. The van der Waals surface area contributed by atoms with Gasteiger partial charge in [0, 0.05) is 37.1 Å². The van der Waals surface area contributed by atoms with Crippen LogP contribution in [0.15, 0.2) is 59.0 Å². The number of piperazine rings is 1. The molecular formula is C26H25FN4O2S. The minimum Gasteiger partial charge on any atom is -0.366 e. The van der Waals surface area contributed by atoms with E-state index in [1.807, 2.05) is 28.5 Å². The fourth-order valence-corrected chi connectivity index (χ4v) is 5.26. The molecule has 0 N–H and O–H groups in total. The quantitative estimate of drug-likeness (QED) is 0.442. The van der Waals surface area contributed by atoms with Gasteiger partial charge >= 0.3 is 0 Å². The number of anilines is 1. The summed E-state index contributed by atoms with van der Waals surface area (Å²) in [4.78, 5) is 35.1. The van der Waals surface area contributed by atoms with Gasteiger partial charge in [-0.15, -0.1) is 11.3 Å². The summed E-state index contributed by atoms with van der Waals surface area (Å²) < 4.78 is 15.5. The van der Waals surface area contributed by atoms with E-state index in [1.165, 1.54) is 33.9 Å². The van der Waals surface area contributed by atoms with Crippen molar-refractivity contribution in [3.63, 3.8) is 0 Å². The Bertz CT molecular complexity index is 1440. The van der Waals surface area contributed by atoms with Crippen molar-refractivity contribution in [2.24, 2.45) is 0 Å². The third kappa shape index (κ3) is 4.09. The summed E-state index contributed by atoms with van der Waals surface area (Å²) in [5.74, 6) is -0.400. The predicted octanol–water partition coefficient (Wildman–Crippen LogP) is 4.23. The van der Waals surface area contributed by atoms with Crippen LogP contribution in [0.5, 0.6) is 0 Å².